The Morgan fingerprint density at radius 1 is 1.26 bits per heavy atom. The second kappa shape index (κ2) is 5.08. The van der Waals surface area contributed by atoms with Crippen molar-refractivity contribution in [3.05, 3.63) is 35.4 Å². The van der Waals surface area contributed by atoms with Gasteiger partial charge >= 0.3 is 12.3 Å². The Bertz CT molecular complexity index is 459. The topological polar surface area (TPSA) is 64.3 Å². The Hall–Kier alpha value is -1.76. The van der Waals surface area contributed by atoms with E-state index in [1.807, 2.05) is 0 Å². The van der Waals surface area contributed by atoms with Gasteiger partial charge in [-0.3, -0.25) is 0 Å². The van der Waals surface area contributed by atoms with E-state index in [4.69, 9.17) is 10.5 Å². The summed E-state index contributed by atoms with van der Waals surface area (Å²) in [6.07, 6.45) is -5.01. The standard InChI is InChI=1S/C12H13F3N2O2/c13-12(14,15)8-3-1-7(2-4-8)5-10-9(6-16)17-11(18)19-10/h1-4,9-10H,5-6,16H2,(H,17,18). The van der Waals surface area contributed by atoms with Gasteiger partial charge in [0.15, 0.2) is 0 Å². The monoisotopic (exact) mass is 274 g/mol. The van der Waals surface area contributed by atoms with Crippen LogP contribution in [0.3, 0.4) is 0 Å². The molecule has 0 spiro atoms. The summed E-state index contributed by atoms with van der Waals surface area (Å²) in [6, 6.07) is 4.47. The lowest BCUT2D eigenvalue weighted by atomic mass is 10.0. The number of nitrogens with two attached hydrogens (primary N) is 1. The number of amides is 1. The Morgan fingerprint density at radius 2 is 1.89 bits per heavy atom. The van der Waals surface area contributed by atoms with Crippen molar-refractivity contribution < 1.29 is 22.7 Å². The molecule has 0 radical (unpaired) electrons. The first-order valence-corrected chi connectivity index (χ1v) is 5.73. The first-order valence-electron chi connectivity index (χ1n) is 5.73. The minimum atomic E-state index is -4.35. The van der Waals surface area contributed by atoms with Crippen molar-refractivity contribution in [3.8, 4) is 0 Å². The van der Waals surface area contributed by atoms with Crippen LogP contribution in [0.1, 0.15) is 11.1 Å². The summed E-state index contributed by atoms with van der Waals surface area (Å²) in [5.74, 6) is 0. The Morgan fingerprint density at radius 3 is 2.42 bits per heavy atom. The smallest absolute Gasteiger partial charge is 0.416 e. The Labute approximate surface area is 107 Å². The van der Waals surface area contributed by atoms with Gasteiger partial charge in [-0.1, -0.05) is 12.1 Å². The van der Waals surface area contributed by atoms with E-state index in [9.17, 15) is 18.0 Å². The van der Waals surface area contributed by atoms with E-state index >= 15 is 0 Å². The SMILES string of the molecule is NCC1NC(=O)OC1Cc1ccc(C(F)(F)F)cc1. The third-order valence-electron chi connectivity index (χ3n) is 2.98. The molecule has 2 unspecified atom stereocenters. The van der Waals surface area contributed by atoms with Crippen LogP contribution in [-0.4, -0.2) is 24.8 Å². The second-order valence-corrected chi connectivity index (χ2v) is 4.33. The average Bonchev–Trinajstić information content (AvgIpc) is 2.69. The molecule has 1 fully saturated rings. The molecule has 1 aliphatic heterocycles. The van der Waals surface area contributed by atoms with Gasteiger partial charge in [-0.05, 0) is 17.7 Å². The summed E-state index contributed by atoms with van der Waals surface area (Å²) >= 11 is 0. The molecule has 0 saturated carbocycles. The van der Waals surface area contributed by atoms with Gasteiger partial charge in [-0.2, -0.15) is 13.2 Å². The molecule has 2 atom stereocenters. The van der Waals surface area contributed by atoms with Gasteiger partial charge in [-0.25, -0.2) is 4.79 Å². The van der Waals surface area contributed by atoms with Gasteiger partial charge in [0, 0.05) is 13.0 Å². The molecular formula is C12H13F3N2O2. The Kier molecular flexibility index (Phi) is 3.66. The average molecular weight is 274 g/mol. The quantitative estimate of drug-likeness (QED) is 0.881. The van der Waals surface area contributed by atoms with Crippen LogP contribution in [0.4, 0.5) is 18.0 Å². The molecule has 19 heavy (non-hydrogen) atoms. The van der Waals surface area contributed by atoms with Gasteiger partial charge in [0.25, 0.3) is 0 Å². The van der Waals surface area contributed by atoms with Crippen molar-refractivity contribution in [2.45, 2.75) is 24.7 Å². The number of hydrogen-bond donors (Lipinski definition) is 2. The van der Waals surface area contributed by atoms with Crippen LogP contribution >= 0.6 is 0 Å². The van der Waals surface area contributed by atoms with Crippen molar-refractivity contribution in [2.24, 2.45) is 5.73 Å². The molecule has 7 heteroatoms. The van der Waals surface area contributed by atoms with E-state index in [-0.39, 0.29) is 12.6 Å². The van der Waals surface area contributed by atoms with Crippen LogP contribution in [-0.2, 0) is 17.3 Å². The van der Waals surface area contributed by atoms with Crippen LogP contribution in [0.2, 0.25) is 0 Å². The van der Waals surface area contributed by atoms with E-state index in [1.165, 1.54) is 12.1 Å². The molecule has 1 heterocycles. The lowest BCUT2D eigenvalue weighted by Gasteiger charge is -2.15. The molecule has 4 nitrogen and oxygen atoms in total. The number of alkyl carbamates (subject to hydrolysis) is 1. The minimum Gasteiger partial charge on any atom is -0.444 e. The fraction of sp³-hybridized carbons (Fsp3) is 0.417. The lowest BCUT2D eigenvalue weighted by Crippen LogP contribution is -2.39. The highest BCUT2D eigenvalue weighted by atomic mass is 19.4. The van der Waals surface area contributed by atoms with Crippen LogP contribution in [0, 0.1) is 0 Å². The molecule has 0 bridgehead atoms. The number of ether oxygens (including phenoxy) is 1. The summed E-state index contributed by atoms with van der Waals surface area (Å²) in [5.41, 5.74) is 5.44. The van der Waals surface area contributed by atoms with E-state index < -0.39 is 23.9 Å². The third-order valence-corrected chi connectivity index (χ3v) is 2.98. The van der Waals surface area contributed by atoms with Crippen molar-refractivity contribution in [1.82, 2.24) is 5.32 Å². The van der Waals surface area contributed by atoms with Crippen molar-refractivity contribution >= 4 is 6.09 Å². The number of halogens is 3. The lowest BCUT2D eigenvalue weighted by molar-refractivity contribution is -0.137. The number of alkyl halides is 3. The molecule has 104 valence electrons. The van der Waals surface area contributed by atoms with Crippen LogP contribution < -0.4 is 11.1 Å². The fourth-order valence-corrected chi connectivity index (χ4v) is 1.95. The molecule has 2 rings (SSSR count). The number of nitrogens with one attached hydrogen (secondary N) is 1. The number of benzene rings is 1. The highest BCUT2D eigenvalue weighted by molar-refractivity contribution is 5.70. The van der Waals surface area contributed by atoms with Gasteiger partial charge in [-0.15, -0.1) is 0 Å². The van der Waals surface area contributed by atoms with Crippen LogP contribution in [0.5, 0.6) is 0 Å². The maximum absolute atomic E-state index is 12.4. The third kappa shape index (κ3) is 3.17. The van der Waals surface area contributed by atoms with Gasteiger partial charge in [0.05, 0.1) is 11.6 Å². The first kappa shape index (κ1) is 13.7. The maximum Gasteiger partial charge on any atom is 0.416 e. The van der Waals surface area contributed by atoms with Gasteiger partial charge < -0.3 is 15.8 Å². The normalized spacial score (nSPS) is 23.1. The zero-order valence-electron chi connectivity index (χ0n) is 9.91. The highest BCUT2D eigenvalue weighted by Crippen LogP contribution is 2.29. The van der Waals surface area contributed by atoms with E-state index in [0.717, 1.165) is 12.1 Å². The molecule has 1 aromatic carbocycles. The molecule has 1 amide bonds. The molecule has 1 saturated heterocycles. The zero-order chi connectivity index (χ0) is 14.0. The van der Waals surface area contributed by atoms with Crippen molar-refractivity contribution in [1.29, 1.82) is 0 Å². The van der Waals surface area contributed by atoms with Crippen LogP contribution in [0.15, 0.2) is 24.3 Å². The first-order chi connectivity index (χ1) is 8.90. The largest absolute Gasteiger partial charge is 0.444 e. The number of carbonyl (C=O) groups excluding carboxylic acids is 1. The van der Waals surface area contributed by atoms with Crippen molar-refractivity contribution in [2.75, 3.05) is 6.54 Å². The number of cyclic esters (lactones) is 1. The van der Waals surface area contributed by atoms with E-state index in [2.05, 4.69) is 5.32 Å². The molecule has 0 aliphatic carbocycles. The predicted octanol–water partition coefficient (Wildman–Crippen LogP) is 1.68. The fourth-order valence-electron chi connectivity index (χ4n) is 1.95. The molecule has 3 N–H and O–H groups in total. The maximum atomic E-state index is 12.4. The number of carbonyl (C=O) groups is 1. The predicted molar refractivity (Wildman–Crippen MR) is 61.4 cm³/mol. The summed E-state index contributed by atoms with van der Waals surface area (Å²) in [5, 5.41) is 2.54. The van der Waals surface area contributed by atoms with E-state index in [1.54, 1.807) is 0 Å². The molecular weight excluding hydrogens is 261 g/mol. The molecule has 0 aromatic heterocycles. The summed E-state index contributed by atoms with van der Waals surface area (Å²) in [4.78, 5) is 11.1. The summed E-state index contributed by atoms with van der Waals surface area (Å²) in [6.45, 7) is 0.219. The van der Waals surface area contributed by atoms with Gasteiger partial charge in [0.1, 0.15) is 6.10 Å². The van der Waals surface area contributed by atoms with Crippen molar-refractivity contribution in [3.63, 3.8) is 0 Å². The Balaban J connectivity index is 2.05. The molecule has 1 aromatic rings. The minimum absolute atomic E-state index is 0.219. The van der Waals surface area contributed by atoms with E-state index in [0.29, 0.717) is 12.0 Å². The summed E-state index contributed by atoms with van der Waals surface area (Å²) in [7, 11) is 0. The number of rotatable bonds is 3. The number of hydrogen-bond acceptors (Lipinski definition) is 3. The highest BCUT2D eigenvalue weighted by Gasteiger charge is 2.33. The van der Waals surface area contributed by atoms with Crippen LogP contribution in [0.25, 0.3) is 0 Å². The second-order valence-electron chi connectivity index (χ2n) is 4.33. The summed E-state index contributed by atoms with van der Waals surface area (Å²) < 4.78 is 42.2. The molecule has 1 aliphatic rings. The zero-order valence-corrected chi connectivity index (χ0v) is 9.91. The van der Waals surface area contributed by atoms with Gasteiger partial charge in [0.2, 0.25) is 0 Å².